The van der Waals surface area contributed by atoms with Crippen molar-refractivity contribution in [3.05, 3.63) is 77.6 Å². The van der Waals surface area contributed by atoms with Crippen molar-refractivity contribution in [1.29, 1.82) is 0 Å². The van der Waals surface area contributed by atoms with Crippen molar-refractivity contribution >= 4 is 43.2 Å². The average Bonchev–Trinajstić information content (AvgIpc) is 3.24. The number of anilines is 1. The lowest BCUT2D eigenvalue weighted by Gasteiger charge is -2.18. The number of hydrogen-bond acceptors (Lipinski definition) is 8. The highest BCUT2D eigenvalue weighted by Gasteiger charge is 2.24. The van der Waals surface area contributed by atoms with Crippen molar-refractivity contribution in [2.24, 2.45) is 0 Å². The molecule has 3 N–H and O–H groups in total. The van der Waals surface area contributed by atoms with E-state index in [2.05, 4.69) is 20.0 Å². The molecule has 3 heterocycles. The van der Waals surface area contributed by atoms with E-state index in [1.165, 1.54) is 18.5 Å². The number of aromatic nitrogens is 2. The van der Waals surface area contributed by atoms with E-state index in [4.69, 9.17) is 9.84 Å². The molecule has 176 valence electrons. The molecule has 0 amide bonds. The number of carboxylic acids is 1. The van der Waals surface area contributed by atoms with Crippen LogP contribution in [0.3, 0.4) is 0 Å². The monoisotopic (exact) mass is 498 g/mol. The second-order valence-corrected chi connectivity index (χ2v) is 10.3. The molecule has 11 heteroatoms. The Morgan fingerprint density at radius 2 is 2.03 bits per heavy atom. The number of hydrogen-bond donors (Lipinski definition) is 3. The van der Waals surface area contributed by atoms with Crippen molar-refractivity contribution in [2.75, 3.05) is 19.0 Å². The molecular formula is C23H22N4O5S2. The molecule has 0 spiro atoms. The van der Waals surface area contributed by atoms with Crippen LogP contribution in [0.25, 0.3) is 10.1 Å². The van der Waals surface area contributed by atoms with Crippen LogP contribution >= 0.6 is 11.3 Å². The van der Waals surface area contributed by atoms with Gasteiger partial charge < -0.3 is 15.2 Å². The van der Waals surface area contributed by atoms with Crippen LogP contribution in [0, 0.1) is 0 Å². The van der Waals surface area contributed by atoms with Crippen molar-refractivity contribution in [2.45, 2.75) is 17.4 Å². The maximum atomic E-state index is 13.1. The molecule has 0 bridgehead atoms. The fourth-order valence-electron chi connectivity index (χ4n) is 3.37. The number of sulfonamides is 1. The number of carbonyl (C=O) groups is 1. The Bertz CT molecular complexity index is 1410. The van der Waals surface area contributed by atoms with Gasteiger partial charge in [-0.2, -0.15) is 0 Å². The molecular weight excluding hydrogens is 476 g/mol. The molecule has 4 aromatic rings. The molecule has 0 fully saturated rings. The van der Waals surface area contributed by atoms with Gasteiger partial charge in [0.1, 0.15) is 23.0 Å². The Labute approximate surface area is 200 Å². The number of aliphatic carboxylic acids is 1. The van der Waals surface area contributed by atoms with E-state index in [9.17, 15) is 13.2 Å². The maximum Gasteiger partial charge on any atom is 0.322 e. The fourth-order valence-corrected chi connectivity index (χ4v) is 5.68. The first kappa shape index (κ1) is 23.6. The van der Waals surface area contributed by atoms with E-state index in [-0.39, 0.29) is 11.4 Å². The molecule has 0 radical (unpaired) electrons. The highest BCUT2D eigenvalue weighted by Crippen LogP contribution is 2.32. The zero-order valence-corrected chi connectivity index (χ0v) is 19.8. The molecule has 1 aromatic carbocycles. The van der Waals surface area contributed by atoms with Crippen LogP contribution in [0.5, 0.6) is 5.75 Å². The van der Waals surface area contributed by atoms with Gasteiger partial charge in [-0.15, -0.1) is 11.3 Å². The van der Waals surface area contributed by atoms with Gasteiger partial charge in [-0.3, -0.25) is 9.78 Å². The van der Waals surface area contributed by atoms with E-state index >= 15 is 0 Å². The zero-order valence-electron chi connectivity index (χ0n) is 18.1. The van der Waals surface area contributed by atoms with E-state index in [0.29, 0.717) is 17.9 Å². The summed E-state index contributed by atoms with van der Waals surface area (Å²) in [5.74, 6) is 0.0573. The molecule has 1 unspecified atom stereocenters. The van der Waals surface area contributed by atoms with Crippen LogP contribution < -0.4 is 14.8 Å². The van der Waals surface area contributed by atoms with Gasteiger partial charge in [0, 0.05) is 28.4 Å². The summed E-state index contributed by atoms with van der Waals surface area (Å²) in [7, 11) is -2.28. The van der Waals surface area contributed by atoms with E-state index in [1.807, 2.05) is 24.3 Å². The third-order valence-electron chi connectivity index (χ3n) is 4.97. The minimum Gasteiger partial charge on any atom is -0.497 e. The second-order valence-electron chi connectivity index (χ2n) is 7.38. The first-order valence-corrected chi connectivity index (χ1v) is 12.6. The topological polar surface area (TPSA) is 131 Å². The van der Waals surface area contributed by atoms with Gasteiger partial charge in [0.05, 0.1) is 18.8 Å². The van der Waals surface area contributed by atoms with Gasteiger partial charge in [-0.25, -0.2) is 18.1 Å². The molecule has 4 rings (SSSR count). The number of benzene rings is 1. The van der Waals surface area contributed by atoms with Gasteiger partial charge in [0.15, 0.2) is 0 Å². The van der Waals surface area contributed by atoms with E-state index in [0.717, 1.165) is 20.7 Å². The number of rotatable bonds is 10. The molecule has 0 saturated heterocycles. The Kier molecular flexibility index (Phi) is 7.06. The highest BCUT2D eigenvalue weighted by molar-refractivity contribution is 7.89. The predicted octanol–water partition coefficient (Wildman–Crippen LogP) is 3.46. The lowest BCUT2D eigenvalue weighted by atomic mass is 10.1. The van der Waals surface area contributed by atoms with Crippen molar-refractivity contribution < 1.29 is 23.1 Å². The number of ether oxygens (including phenoxy) is 1. The molecule has 0 aliphatic carbocycles. The van der Waals surface area contributed by atoms with E-state index < -0.39 is 22.0 Å². The summed E-state index contributed by atoms with van der Waals surface area (Å²) >= 11 is 1.54. The Morgan fingerprint density at radius 3 is 2.76 bits per heavy atom. The average molecular weight is 499 g/mol. The van der Waals surface area contributed by atoms with Crippen molar-refractivity contribution in [3.8, 4) is 5.75 Å². The molecule has 0 aliphatic heterocycles. The summed E-state index contributed by atoms with van der Waals surface area (Å²) in [4.78, 5) is 20.3. The number of thiophene rings is 1. The minimum absolute atomic E-state index is 0.0428. The molecule has 1 atom stereocenters. The molecule has 3 aromatic heterocycles. The lowest BCUT2D eigenvalue weighted by Crippen LogP contribution is -2.30. The molecule has 0 saturated carbocycles. The number of nitrogens with zero attached hydrogens (tertiary/aromatic N) is 2. The van der Waals surface area contributed by atoms with Gasteiger partial charge in [-0.1, -0.05) is 6.07 Å². The van der Waals surface area contributed by atoms with Crippen LogP contribution in [-0.4, -0.2) is 43.1 Å². The third-order valence-corrected chi connectivity index (χ3v) is 7.55. The minimum atomic E-state index is -3.89. The zero-order chi connectivity index (χ0) is 24.1. The smallest absolute Gasteiger partial charge is 0.322 e. The number of fused-ring (bicyclic) bond motifs is 1. The number of carboxylic acid groups (broad SMARTS) is 1. The molecule has 0 aliphatic rings. The Morgan fingerprint density at radius 1 is 1.18 bits per heavy atom. The number of nitrogens with one attached hydrogen (secondary N) is 2. The molecule has 9 nitrogen and oxygen atoms in total. The van der Waals surface area contributed by atoms with Crippen molar-refractivity contribution in [1.82, 2.24) is 14.7 Å². The predicted molar refractivity (Wildman–Crippen MR) is 130 cm³/mol. The van der Waals surface area contributed by atoms with Gasteiger partial charge >= 0.3 is 5.97 Å². The SMILES string of the molecule is COc1ccc2cc(CC(NS(=O)(=O)c3cccnc3)c3cccc(NCC(=O)O)n3)sc2c1. The van der Waals surface area contributed by atoms with Crippen LogP contribution in [-0.2, 0) is 21.2 Å². The van der Waals surface area contributed by atoms with Crippen LogP contribution in [0.2, 0.25) is 0 Å². The maximum absolute atomic E-state index is 13.1. The summed E-state index contributed by atoms with van der Waals surface area (Å²) in [6.07, 6.45) is 3.13. The Hall–Kier alpha value is -3.54. The Balaban J connectivity index is 1.68. The normalized spacial score (nSPS) is 12.4. The first-order valence-electron chi connectivity index (χ1n) is 10.3. The fraction of sp³-hybridized carbons (Fsp3) is 0.174. The van der Waals surface area contributed by atoms with Crippen LogP contribution in [0.15, 0.2) is 71.9 Å². The van der Waals surface area contributed by atoms with Crippen molar-refractivity contribution in [3.63, 3.8) is 0 Å². The van der Waals surface area contributed by atoms with Crippen LogP contribution in [0.4, 0.5) is 5.82 Å². The van der Waals surface area contributed by atoms with Gasteiger partial charge in [0.2, 0.25) is 10.0 Å². The third kappa shape index (κ3) is 5.68. The summed E-state index contributed by atoms with van der Waals surface area (Å²) in [6.45, 7) is -0.305. The standard InChI is InChI=1S/C23H22N4O5S2/c1-32-16-8-7-15-10-17(33-21(15)11-16)12-20(27-34(30,31)18-4-3-9-24-13-18)19-5-2-6-22(26-19)25-14-23(28)29/h2-11,13,20,27H,12,14H2,1H3,(H,25,26)(H,28,29). The number of methoxy groups -OCH3 is 1. The summed E-state index contributed by atoms with van der Waals surface area (Å²) < 4.78 is 35.2. The molecule has 34 heavy (non-hydrogen) atoms. The summed E-state index contributed by atoms with van der Waals surface area (Å²) in [6, 6.07) is 15.1. The summed E-state index contributed by atoms with van der Waals surface area (Å²) in [5.41, 5.74) is 0.456. The van der Waals surface area contributed by atoms with Gasteiger partial charge in [0.25, 0.3) is 0 Å². The van der Waals surface area contributed by atoms with Gasteiger partial charge in [-0.05, 0) is 53.9 Å². The number of pyridine rings is 2. The summed E-state index contributed by atoms with van der Waals surface area (Å²) in [5, 5.41) is 12.7. The van der Waals surface area contributed by atoms with Crippen LogP contribution in [0.1, 0.15) is 16.6 Å². The second kappa shape index (κ2) is 10.2. The van der Waals surface area contributed by atoms with E-state index in [1.54, 1.807) is 42.7 Å². The quantitative estimate of drug-likeness (QED) is 0.303. The highest BCUT2D eigenvalue weighted by atomic mass is 32.2. The lowest BCUT2D eigenvalue weighted by molar-refractivity contribution is -0.134. The largest absolute Gasteiger partial charge is 0.497 e. The first-order chi connectivity index (χ1) is 16.3.